The van der Waals surface area contributed by atoms with E-state index < -0.39 is 0 Å². The molecular formula is C13H19ClN2O. The lowest BCUT2D eigenvalue weighted by atomic mass is 9.92. The van der Waals surface area contributed by atoms with Crippen molar-refractivity contribution in [2.45, 2.75) is 25.3 Å². The van der Waals surface area contributed by atoms with Gasteiger partial charge in [0.1, 0.15) is 0 Å². The van der Waals surface area contributed by atoms with Crippen molar-refractivity contribution < 1.29 is 4.74 Å². The third-order valence-corrected chi connectivity index (χ3v) is 3.70. The number of rotatable bonds is 3. The number of halogens is 1. The summed E-state index contributed by atoms with van der Waals surface area (Å²) >= 11 is 6.12. The average molecular weight is 255 g/mol. The average Bonchev–Trinajstić information content (AvgIpc) is 2.35. The highest BCUT2D eigenvalue weighted by molar-refractivity contribution is 6.31. The van der Waals surface area contributed by atoms with Gasteiger partial charge in [0.2, 0.25) is 0 Å². The van der Waals surface area contributed by atoms with Gasteiger partial charge in [0.25, 0.3) is 0 Å². The van der Waals surface area contributed by atoms with E-state index in [1.54, 1.807) is 0 Å². The van der Waals surface area contributed by atoms with Crippen molar-refractivity contribution in [1.82, 2.24) is 0 Å². The molecule has 1 aliphatic heterocycles. The summed E-state index contributed by atoms with van der Waals surface area (Å²) in [6.07, 6.45) is 2.08. The van der Waals surface area contributed by atoms with E-state index in [1.165, 1.54) is 0 Å². The summed E-state index contributed by atoms with van der Waals surface area (Å²) in [7, 11) is 0. The maximum absolute atomic E-state index is 6.12. The number of hydrogen-bond donors (Lipinski definition) is 2. The Morgan fingerprint density at radius 1 is 1.53 bits per heavy atom. The normalized spacial score (nSPS) is 24.6. The number of ether oxygens (including phenoxy) is 1. The first-order valence-electron chi connectivity index (χ1n) is 5.97. The molecule has 0 aromatic heterocycles. The molecule has 1 saturated heterocycles. The lowest BCUT2D eigenvalue weighted by Gasteiger charge is -2.37. The smallest absolute Gasteiger partial charge is 0.0729 e. The van der Waals surface area contributed by atoms with Crippen molar-refractivity contribution >= 4 is 17.3 Å². The summed E-state index contributed by atoms with van der Waals surface area (Å²) in [4.78, 5) is 0. The molecule has 2 rings (SSSR count). The molecule has 0 bridgehead atoms. The molecule has 0 spiro atoms. The van der Waals surface area contributed by atoms with Crippen LogP contribution in [0.3, 0.4) is 0 Å². The molecule has 0 aliphatic carbocycles. The zero-order valence-electron chi connectivity index (χ0n) is 10.1. The van der Waals surface area contributed by atoms with Gasteiger partial charge in [-0.15, -0.1) is 0 Å². The molecule has 0 amide bonds. The van der Waals surface area contributed by atoms with Crippen LogP contribution in [0.1, 0.15) is 18.4 Å². The highest BCUT2D eigenvalue weighted by Gasteiger charge is 2.31. The van der Waals surface area contributed by atoms with Gasteiger partial charge in [0, 0.05) is 23.9 Å². The predicted molar refractivity (Wildman–Crippen MR) is 71.7 cm³/mol. The Morgan fingerprint density at radius 3 is 2.94 bits per heavy atom. The van der Waals surface area contributed by atoms with Crippen LogP contribution < -0.4 is 11.1 Å². The quantitative estimate of drug-likeness (QED) is 0.872. The molecule has 1 aromatic rings. The molecule has 3 nitrogen and oxygen atoms in total. The summed E-state index contributed by atoms with van der Waals surface area (Å²) in [6.45, 7) is 4.06. The van der Waals surface area contributed by atoms with Gasteiger partial charge >= 0.3 is 0 Å². The first kappa shape index (κ1) is 12.7. The second kappa shape index (κ2) is 5.25. The van der Waals surface area contributed by atoms with Gasteiger partial charge in [-0.05, 0) is 37.5 Å². The summed E-state index contributed by atoms with van der Waals surface area (Å²) < 4.78 is 5.53. The molecule has 1 aliphatic rings. The number of anilines is 1. The molecule has 1 fully saturated rings. The van der Waals surface area contributed by atoms with Gasteiger partial charge in [-0.3, -0.25) is 0 Å². The Bertz CT molecular complexity index is 389. The fraction of sp³-hybridized carbons (Fsp3) is 0.538. The maximum atomic E-state index is 6.12. The fourth-order valence-electron chi connectivity index (χ4n) is 2.14. The van der Waals surface area contributed by atoms with Crippen LogP contribution in [0, 0.1) is 6.92 Å². The second-order valence-electron chi connectivity index (χ2n) is 4.73. The van der Waals surface area contributed by atoms with Crippen LogP contribution >= 0.6 is 11.6 Å². The summed E-state index contributed by atoms with van der Waals surface area (Å²) in [6, 6.07) is 5.99. The van der Waals surface area contributed by atoms with Gasteiger partial charge in [-0.2, -0.15) is 0 Å². The predicted octanol–water partition coefficient (Wildman–Crippen LogP) is 2.57. The molecule has 0 saturated carbocycles. The van der Waals surface area contributed by atoms with Gasteiger partial charge in [-0.1, -0.05) is 17.7 Å². The largest absolute Gasteiger partial charge is 0.379 e. The number of nitrogens with two attached hydrogens (primary N) is 1. The van der Waals surface area contributed by atoms with Crippen molar-refractivity contribution in [2.75, 3.05) is 25.1 Å². The number of benzene rings is 1. The summed E-state index contributed by atoms with van der Waals surface area (Å²) in [5.74, 6) is 0. The first-order valence-corrected chi connectivity index (χ1v) is 6.35. The Kier molecular flexibility index (Phi) is 3.92. The van der Waals surface area contributed by atoms with Gasteiger partial charge in [-0.25, -0.2) is 0 Å². The molecule has 1 atom stereocenters. The second-order valence-corrected chi connectivity index (χ2v) is 5.14. The zero-order chi connectivity index (χ0) is 12.3. The van der Waals surface area contributed by atoms with Crippen molar-refractivity contribution in [3.05, 3.63) is 28.8 Å². The zero-order valence-corrected chi connectivity index (χ0v) is 10.9. The van der Waals surface area contributed by atoms with Crippen molar-refractivity contribution in [3.63, 3.8) is 0 Å². The maximum Gasteiger partial charge on any atom is 0.0729 e. The first-order chi connectivity index (χ1) is 8.15. The molecule has 1 aromatic carbocycles. The van der Waals surface area contributed by atoms with Crippen molar-refractivity contribution in [2.24, 2.45) is 5.73 Å². The minimum Gasteiger partial charge on any atom is -0.379 e. The molecular weight excluding hydrogens is 236 g/mol. The van der Waals surface area contributed by atoms with Crippen LogP contribution in [0.5, 0.6) is 0 Å². The lowest BCUT2D eigenvalue weighted by Crippen LogP contribution is -2.51. The Labute approximate surface area is 107 Å². The number of aryl methyl sites for hydroxylation is 1. The third kappa shape index (κ3) is 2.92. The van der Waals surface area contributed by atoms with Crippen LogP contribution in [0.15, 0.2) is 18.2 Å². The highest BCUT2D eigenvalue weighted by atomic mass is 35.5. The number of hydrogen-bond acceptors (Lipinski definition) is 3. The summed E-state index contributed by atoms with van der Waals surface area (Å²) in [5, 5.41) is 4.25. The van der Waals surface area contributed by atoms with Crippen LogP contribution in [0.25, 0.3) is 0 Å². The van der Waals surface area contributed by atoms with Crippen LogP contribution in [-0.2, 0) is 4.74 Å². The van der Waals surface area contributed by atoms with Crippen LogP contribution in [-0.4, -0.2) is 25.3 Å². The monoisotopic (exact) mass is 254 g/mol. The van der Waals surface area contributed by atoms with Gasteiger partial charge in [0.05, 0.1) is 12.1 Å². The minimum absolute atomic E-state index is 0.142. The van der Waals surface area contributed by atoms with Crippen molar-refractivity contribution in [1.29, 1.82) is 0 Å². The van der Waals surface area contributed by atoms with E-state index in [9.17, 15) is 0 Å². The fourth-order valence-corrected chi connectivity index (χ4v) is 2.32. The van der Waals surface area contributed by atoms with E-state index in [2.05, 4.69) is 5.32 Å². The Hall–Kier alpha value is -0.770. The molecule has 17 heavy (non-hydrogen) atoms. The standard InChI is InChI=1S/C13H19ClN2O/c1-10-3-4-11(7-12(10)14)16-13(8-15)5-2-6-17-9-13/h3-4,7,16H,2,5-6,8-9,15H2,1H3. The van der Waals surface area contributed by atoms with Gasteiger partial charge < -0.3 is 15.8 Å². The highest BCUT2D eigenvalue weighted by Crippen LogP contribution is 2.26. The van der Waals surface area contributed by atoms with Crippen LogP contribution in [0.4, 0.5) is 5.69 Å². The van der Waals surface area contributed by atoms with Crippen molar-refractivity contribution in [3.8, 4) is 0 Å². The van der Waals surface area contributed by atoms with E-state index in [0.29, 0.717) is 13.2 Å². The topological polar surface area (TPSA) is 47.3 Å². The van der Waals surface area contributed by atoms with E-state index >= 15 is 0 Å². The molecule has 94 valence electrons. The number of nitrogens with one attached hydrogen (secondary N) is 1. The summed E-state index contributed by atoms with van der Waals surface area (Å²) in [5.41, 5.74) is 7.83. The molecule has 3 N–H and O–H groups in total. The third-order valence-electron chi connectivity index (χ3n) is 3.29. The molecule has 1 unspecified atom stereocenters. The Balaban J connectivity index is 2.14. The molecule has 0 radical (unpaired) electrons. The van der Waals surface area contributed by atoms with E-state index in [1.807, 2.05) is 25.1 Å². The van der Waals surface area contributed by atoms with Gasteiger partial charge in [0.15, 0.2) is 0 Å². The Morgan fingerprint density at radius 2 is 2.35 bits per heavy atom. The van der Waals surface area contributed by atoms with Crippen LogP contribution in [0.2, 0.25) is 5.02 Å². The minimum atomic E-state index is -0.142. The molecule has 4 heteroatoms. The van der Waals surface area contributed by atoms with E-state index in [4.69, 9.17) is 22.1 Å². The van der Waals surface area contributed by atoms with E-state index in [-0.39, 0.29) is 5.54 Å². The lowest BCUT2D eigenvalue weighted by molar-refractivity contribution is 0.0502. The SMILES string of the molecule is Cc1ccc(NC2(CN)CCCOC2)cc1Cl. The van der Waals surface area contributed by atoms with E-state index in [0.717, 1.165) is 35.7 Å². The molecule has 1 heterocycles.